The second kappa shape index (κ2) is 4.95. The van der Waals surface area contributed by atoms with Gasteiger partial charge in [-0.1, -0.05) is 11.6 Å². The fraction of sp³-hybridized carbons (Fsp3) is 0.333. The molecule has 82 valence electrons. The van der Waals surface area contributed by atoms with E-state index >= 15 is 0 Å². The van der Waals surface area contributed by atoms with Gasteiger partial charge in [-0.25, -0.2) is 9.78 Å². The first kappa shape index (κ1) is 11.7. The third-order valence-electron chi connectivity index (χ3n) is 1.79. The lowest BCUT2D eigenvalue weighted by Crippen LogP contribution is -2.09. The number of aromatic nitrogens is 1. The van der Waals surface area contributed by atoms with Crippen LogP contribution in [-0.4, -0.2) is 29.8 Å². The van der Waals surface area contributed by atoms with E-state index in [9.17, 15) is 4.79 Å². The van der Waals surface area contributed by atoms with E-state index in [0.717, 1.165) is 0 Å². The number of methoxy groups -OCH3 is 1. The van der Waals surface area contributed by atoms with Crippen LogP contribution >= 0.6 is 11.6 Å². The zero-order valence-electron chi connectivity index (χ0n) is 8.16. The number of nitrogen functional groups attached to an aromatic ring is 1. The summed E-state index contributed by atoms with van der Waals surface area (Å²) in [4.78, 5) is 15.2. The molecule has 0 aliphatic carbocycles. The number of aliphatic hydroxyl groups is 1. The van der Waals surface area contributed by atoms with Gasteiger partial charge in [-0.05, 0) is 6.07 Å². The minimum atomic E-state index is -0.647. The standard InChI is InChI=1S/C9H11ClN2O3/c1-15-9(14)8-7(10)6(11)4-5(12-8)2-3-13/h4,13H,2-3H2,1H3,(H2,11,12). The molecule has 0 amide bonds. The molecule has 3 N–H and O–H groups in total. The van der Waals surface area contributed by atoms with E-state index in [2.05, 4.69) is 9.72 Å². The fourth-order valence-corrected chi connectivity index (χ4v) is 1.25. The Morgan fingerprint density at radius 1 is 1.73 bits per heavy atom. The van der Waals surface area contributed by atoms with Crippen molar-refractivity contribution >= 4 is 23.3 Å². The minimum Gasteiger partial charge on any atom is -0.464 e. The summed E-state index contributed by atoms with van der Waals surface area (Å²) < 4.78 is 4.50. The Kier molecular flexibility index (Phi) is 3.88. The van der Waals surface area contributed by atoms with Crippen LogP contribution in [0.1, 0.15) is 16.2 Å². The fourth-order valence-electron chi connectivity index (χ4n) is 1.08. The van der Waals surface area contributed by atoms with Gasteiger partial charge >= 0.3 is 5.97 Å². The summed E-state index contributed by atoms with van der Waals surface area (Å²) in [5, 5.41) is 8.81. The highest BCUT2D eigenvalue weighted by atomic mass is 35.5. The number of pyridine rings is 1. The number of nitrogens with zero attached hydrogens (tertiary/aromatic N) is 1. The van der Waals surface area contributed by atoms with Gasteiger partial charge in [0.25, 0.3) is 0 Å². The third kappa shape index (κ3) is 2.57. The first-order chi connectivity index (χ1) is 7.10. The monoisotopic (exact) mass is 230 g/mol. The van der Waals surface area contributed by atoms with E-state index in [4.69, 9.17) is 22.4 Å². The molecule has 0 fully saturated rings. The summed E-state index contributed by atoms with van der Waals surface area (Å²) in [5.41, 5.74) is 6.30. The van der Waals surface area contributed by atoms with Gasteiger partial charge in [-0.15, -0.1) is 0 Å². The van der Waals surface area contributed by atoms with Crippen LogP contribution in [0.3, 0.4) is 0 Å². The lowest BCUT2D eigenvalue weighted by molar-refractivity contribution is 0.0594. The highest BCUT2D eigenvalue weighted by molar-refractivity contribution is 6.35. The van der Waals surface area contributed by atoms with Crippen molar-refractivity contribution in [2.75, 3.05) is 19.5 Å². The molecule has 15 heavy (non-hydrogen) atoms. The second-order valence-corrected chi connectivity index (χ2v) is 3.21. The molecule has 0 saturated heterocycles. The van der Waals surface area contributed by atoms with E-state index < -0.39 is 5.97 Å². The van der Waals surface area contributed by atoms with Gasteiger partial charge in [-0.3, -0.25) is 0 Å². The number of anilines is 1. The van der Waals surface area contributed by atoms with Crippen molar-refractivity contribution in [1.29, 1.82) is 0 Å². The first-order valence-corrected chi connectivity index (χ1v) is 4.62. The van der Waals surface area contributed by atoms with Crippen LogP contribution in [0.4, 0.5) is 5.69 Å². The molecule has 0 aromatic carbocycles. The highest BCUT2D eigenvalue weighted by Crippen LogP contribution is 2.23. The highest BCUT2D eigenvalue weighted by Gasteiger charge is 2.16. The predicted octanol–water partition coefficient (Wildman–Crippen LogP) is 0.639. The summed E-state index contributed by atoms with van der Waals surface area (Å²) in [6.45, 7) is -0.0747. The molecule has 0 radical (unpaired) electrons. The summed E-state index contributed by atoms with van der Waals surface area (Å²) >= 11 is 5.79. The van der Waals surface area contributed by atoms with Gasteiger partial charge in [0.05, 0.1) is 17.8 Å². The van der Waals surface area contributed by atoms with Crippen molar-refractivity contribution in [1.82, 2.24) is 4.98 Å². The van der Waals surface area contributed by atoms with Gasteiger partial charge in [0.15, 0.2) is 5.69 Å². The van der Waals surface area contributed by atoms with Gasteiger partial charge in [0.2, 0.25) is 0 Å². The number of esters is 1. The quantitative estimate of drug-likeness (QED) is 0.745. The van der Waals surface area contributed by atoms with Crippen LogP contribution in [-0.2, 0) is 11.2 Å². The molecule has 0 bridgehead atoms. The van der Waals surface area contributed by atoms with Crippen molar-refractivity contribution in [2.24, 2.45) is 0 Å². The topological polar surface area (TPSA) is 85.4 Å². The minimum absolute atomic E-state index is 0.0254. The molecule has 0 aliphatic heterocycles. The normalized spacial score (nSPS) is 10.1. The van der Waals surface area contributed by atoms with Gasteiger partial charge < -0.3 is 15.6 Å². The summed E-state index contributed by atoms with van der Waals surface area (Å²) in [6.07, 6.45) is 0.311. The molecule has 0 spiro atoms. The number of carbonyl (C=O) groups is 1. The van der Waals surface area contributed by atoms with E-state index in [1.807, 2.05) is 0 Å². The molecule has 0 atom stereocenters. The molecule has 0 unspecified atom stereocenters. The van der Waals surface area contributed by atoms with Crippen molar-refractivity contribution in [2.45, 2.75) is 6.42 Å². The molecule has 5 nitrogen and oxygen atoms in total. The Morgan fingerprint density at radius 2 is 2.40 bits per heavy atom. The second-order valence-electron chi connectivity index (χ2n) is 2.83. The molecule has 1 aromatic heterocycles. The van der Waals surface area contributed by atoms with E-state index in [1.54, 1.807) is 0 Å². The van der Waals surface area contributed by atoms with Gasteiger partial charge in [0.1, 0.15) is 0 Å². The molecular formula is C9H11ClN2O3. The van der Waals surface area contributed by atoms with Crippen LogP contribution < -0.4 is 5.73 Å². The van der Waals surface area contributed by atoms with Gasteiger partial charge in [-0.2, -0.15) is 0 Å². The Labute approximate surface area is 91.8 Å². The number of rotatable bonds is 3. The average Bonchev–Trinajstić information content (AvgIpc) is 2.22. The number of hydrogen-bond acceptors (Lipinski definition) is 5. The van der Waals surface area contributed by atoms with E-state index in [1.165, 1.54) is 13.2 Å². The zero-order valence-corrected chi connectivity index (χ0v) is 8.91. The van der Waals surface area contributed by atoms with Crippen molar-refractivity contribution < 1.29 is 14.6 Å². The summed E-state index contributed by atoms with van der Waals surface area (Å²) in [5.74, 6) is -0.647. The Morgan fingerprint density at radius 3 is 2.93 bits per heavy atom. The Bertz CT molecular complexity index is 382. The lowest BCUT2D eigenvalue weighted by atomic mass is 10.2. The molecular weight excluding hydrogens is 220 g/mol. The number of halogens is 1. The van der Waals surface area contributed by atoms with Crippen LogP contribution in [0.5, 0.6) is 0 Å². The molecule has 6 heteroatoms. The number of ether oxygens (including phenoxy) is 1. The Hall–Kier alpha value is -1.33. The third-order valence-corrected chi connectivity index (χ3v) is 2.18. The molecule has 1 heterocycles. The number of hydrogen-bond donors (Lipinski definition) is 2. The summed E-state index contributed by atoms with van der Waals surface area (Å²) in [6, 6.07) is 1.52. The maximum Gasteiger partial charge on any atom is 0.358 e. The van der Waals surface area contributed by atoms with Crippen LogP contribution in [0.2, 0.25) is 5.02 Å². The smallest absolute Gasteiger partial charge is 0.358 e. The SMILES string of the molecule is COC(=O)c1nc(CCO)cc(N)c1Cl. The van der Waals surface area contributed by atoms with Crippen molar-refractivity contribution in [3.8, 4) is 0 Å². The molecule has 1 aromatic rings. The maximum atomic E-state index is 11.3. The molecule has 0 saturated carbocycles. The van der Waals surface area contributed by atoms with E-state index in [-0.39, 0.29) is 23.0 Å². The average molecular weight is 231 g/mol. The van der Waals surface area contributed by atoms with Crippen LogP contribution in [0.15, 0.2) is 6.07 Å². The van der Waals surface area contributed by atoms with Crippen LogP contribution in [0.25, 0.3) is 0 Å². The maximum absolute atomic E-state index is 11.3. The number of nitrogens with two attached hydrogens (primary N) is 1. The lowest BCUT2D eigenvalue weighted by Gasteiger charge is -2.07. The number of carbonyl (C=O) groups excluding carboxylic acids is 1. The predicted molar refractivity (Wildman–Crippen MR) is 55.8 cm³/mol. The van der Waals surface area contributed by atoms with Crippen molar-refractivity contribution in [3.05, 3.63) is 22.5 Å². The number of aliphatic hydroxyl groups excluding tert-OH is 1. The first-order valence-electron chi connectivity index (χ1n) is 4.24. The zero-order chi connectivity index (χ0) is 11.4. The van der Waals surface area contributed by atoms with Crippen molar-refractivity contribution in [3.63, 3.8) is 0 Å². The largest absolute Gasteiger partial charge is 0.464 e. The van der Waals surface area contributed by atoms with Gasteiger partial charge in [0, 0.05) is 18.7 Å². The molecule has 0 aliphatic rings. The Balaban J connectivity index is 3.18. The molecule has 1 rings (SSSR count). The van der Waals surface area contributed by atoms with E-state index in [0.29, 0.717) is 12.1 Å². The summed E-state index contributed by atoms with van der Waals surface area (Å²) in [7, 11) is 1.23. The van der Waals surface area contributed by atoms with Crippen LogP contribution in [0, 0.1) is 0 Å².